The molecule has 1 N–H and O–H groups in total. The highest BCUT2D eigenvalue weighted by Crippen LogP contribution is 2.26. The maximum absolute atomic E-state index is 12.4. The van der Waals surface area contributed by atoms with Gasteiger partial charge in [0.2, 0.25) is 5.91 Å². The Labute approximate surface area is 165 Å². The molecule has 1 saturated heterocycles. The van der Waals surface area contributed by atoms with E-state index in [9.17, 15) is 14.4 Å². The first kappa shape index (κ1) is 21.2. The number of ketones is 1. The van der Waals surface area contributed by atoms with Gasteiger partial charge in [-0.2, -0.15) is 0 Å². The van der Waals surface area contributed by atoms with Gasteiger partial charge in [0.25, 0.3) is 0 Å². The summed E-state index contributed by atoms with van der Waals surface area (Å²) in [6.45, 7) is 6.09. The van der Waals surface area contributed by atoms with Gasteiger partial charge in [0.15, 0.2) is 0 Å². The number of carboxylic acid groups (broad SMARTS) is 1. The second-order valence-corrected chi connectivity index (χ2v) is 7.35. The summed E-state index contributed by atoms with van der Waals surface area (Å²) in [5.41, 5.74) is 2.22. The van der Waals surface area contributed by atoms with Crippen LogP contribution in [-0.2, 0) is 20.8 Å². The van der Waals surface area contributed by atoms with Gasteiger partial charge in [-0.3, -0.25) is 14.4 Å². The number of nitrogens with zero attached hydrogens (tertiary/aromatic N) is 2. The highest BCUT2D eigenvalue weighted by Gasteiger charge is 2.27. The number of carbonyl (C=O) groups is 3. The van der Waals surface area contributed by atoms with Crippen LogP contribution < -0.4 is 4.90 Å². The third kappa shape index (κ3) is 5.96. The standard InChI is InChI=1S/C20H27ClN2O4/c1-3-15-12-16(4-7-18(15)21)23-11-10-22(13-14(23)2)19(25)8-5-17(24)6-9-20(26)27/h4,7,12,14H,3,5-6,8-11,13H2,1-2H3,(H,26,27)/t14-/m0/s1. The zero-order chi connectivity index (χ0) is 20.0. The van der Waals surface area contributed by atoms with E-state index in [1.54, 1.807) is 4.90 Å². The van der Waals surface area contributed by atoms with Crippen molar-refractivity contribution in [2.75, 3.05) is 24.5 Å². The van der Waals surface area contributed by atoms with Gasteiger partial charge >= 0.3 is 5.97 Å². The van der Waals surface area contributed by atoms with Crippen molar-refractivity contribution in [3.8, 4) is 0 Å². The van der Waals surface area contributed by atoms with E-state index in [1.807, 2.05) is 12.1 Å². The van der Waals surface area contributed by atoms with Crippen molar-refractivity contribution >= 4 is 34.9 Å². The Bertz CT molecular complexity index is 707. The molecule has 27 heavy (non-hydrogen) atoms. The second kappa shape index (κ2) is 9.74. The molecular formula is C20H27ClN2O4. The van der Waals surface area contributed by atoms with Gasteiger partial charge < -0.3 is 14.9 Å². The summed E-state index contributed by atoms with van der Waals surface area (Å²) in [5, 5.41) is 9.37. The van der Waals surface area contributed by atoms with E-state index in [-0.39, 0.29) is 43.4 Å². The Hall–Kier alpha value is -2.08. The number of Topliss-reactive ketones (excluding diaryl/α,β-unsaturated/α-hetero) is 1. The molecule has 0 bridgehead atoms. The van der Waals surface area contributed by atoms with Crippen LogP contribution in [0.1, 0.15) is 45.1 Å². The highest BCUT2D eigenvalue weighted by molar-refractivity contribution is 6.31. The molecule has 1 aromatic carbocycles. The van der Waals surface area contributed by atoms with Crippen LogP contribution >= 0.6 is 11.6 Å². The fraction of sp³-hybridized carbons (Fsp3) is 0.550. The first-order valence-electron chi connectivity index (χ1n) is 9.38. The van der Waals surface area contributed by atoms with E-state index in [0.717, 1.165) is 29.2 Å². The average molecular weight is 395 g/mol. The first-order chi connectivity index (χ1) is 12.8. The van der Waals surface area contributed by atoms with Gasteiger partial charge in [0.05, 0.1) is 6.42 Å². The summed E-state index contributed by atoms with van der Waals surface area (Å²) in [6.07, 6.45) is 0.936. The van der Waals surface area contributed by atoms with Crippen molar-refractivity contribution in [2.24, 2.45) is 0 Å². The Kier molecular flexibility index (Phi) is 7.66. The Morgan fingerprint density at radius 2 is 1.85 bits per heavy atom. The largest absolute Gasteiger partial charge is 0.481 e. The van der Waals surface area contributed by atoms with Crippen molar-refractivity contribution in [1.29, 1.82) is 0 Å². The number of aliphatic carboxylic acids is 1. The number of aryl methyl sites for hydroxylation is 1. The van der Waals surface area contributed by atoms with Crippen LogP contribution in [0, 0.1) is 0 Å². The van der Waals surface area contributed by atoms with E-state index in [2.05, 4.69) is 24.8 Å². The third-order valence-electron chi connectivity index (χ3n) is 4.96. The molecule has 2 rings (SSSR count). The Morgan fingerprint density at radius 1 is 1.15 bits per heavy atom. The third-order valence-corrected chi connectivity index (χ3v) is 5.33. The summed E-state index contributed by atoms with van der Waals surface area (Å²) in [4.78, 5) is 38.6. The summed E-state index contributed by atoms with van der Waals surface area (Å²) >= 11 is 6.20. The topological polar surface area (TPSA) is 77.9 Å². The Morgan fingerprint density at radius 3 is 2.48 bits per heavy atom. The fourth-order valence-corrected chi connectivity index (χ4v) is 3.61. The van der Waals surface area contributed by atoms with E-state index >= 15 is 0 Å². The number of amides is 1. The summed E-state index contributed by atoms with van der Waals surface area (Å²) in [5.74, 6) is -1.21. The molecule has 1 aliphatic heterocycles. The van der Waals surface area contributed by atoms with Crippen LogP contribution in [0.3, 0.4) is 0 Å². The second-order valence-electron chi connectivity index (χ2n) is 6.94. The number of anilines is 1. The zero-order valence-electron chi connectivity index (χ0n) is 15.9. The maximum Gasteiger partial charge on any atom is 0.303 e. The molecule has 0 saturated carbocycles. The van der Waals surface area contributed by atoms with Crippen LogP contribution in [0.2, 0.25) is 5.02 Å². The molecule has 0 aliphatic carbocycles. The van der Waals surface area contributed by atoms with Crippen molar-refractivity contribution in [2.45, 2.75) is 52.0 Å². The van der Waals surface area contributed by atoms with Crippen LogP contribution in [0.5, 0.6) is 0 Å². The molecule has 1 atom stereocenters. The van der Waals surface area contributed by atoms with Gasteiger partial charge in [-0.05, 0) is 37.1 Å². The minimum Gasteiger partial charge on any atom is -0.481 e. The number of rotatable bonds is 8. The number of hydrogen-bond donors (Lipinski definition) is 1. The lowest BCUT2D eigenvalue weighted by molar-refractivity contribution is -0.138. The van der Waals surface area contributed by atoms with Crippen molar-refractivity contribution in [1.82, 2.24) is 4.90 Å². The molecule has 0 unspecified atom stereocenters. The molecular weight excluding hydrogens is 368 g/mol. The van der Waals surface area contributed by atoms with Crippen molar-refractivity contribution in [3.63, 3.8) is 0 Å². The molecule has 1 amide bonds. The van der Waals surface area contributed by atoms with E-state index in [1.165, 1.54) is 0 Å². The molecule has 0 radical (unpaired) electrons. The minimum atomic E-state index is -0.993. The molecule has 1 fully saturated rings. The highest BCUT2D eigenvalue weighted by atomic mass is 35.5. The monoisotopic (exact) mass is 394 g/mol. The molecule has 6 nitrogen and oxygen atoms in total. The predicted octanol–water partition coefficient (Wildman–Crippen LogP) is 3.15. The number of carbonyl (C=O) groups excluding carboxylic acids is 2. The first-order valence-corrected chi connectivity index (χ1v) is 9.76. The van der Waals surface area contributed by atoms with Crippen molar-refractivity contribution < 1.29 is 19.5 Å². The quantitative estimate of drug-likeness (QED) is 0.732. The number of piperazine rings is 1. The summed E-state index contributed by atoms with van der Waals surface area (Å²) in [6, 6.07) is 6.20. The molecule has 0 aromatic heterocycles. The average Bonchev–Trinajstić information content (AvgIpc) is 2.64. The van der Waals surface area contributed by atoms with Crippen LogP contribution in [0.4, 0.5) is 5.69 Å². The van der Waals surface area contributed by atoms with Gasteiger partial charge in [0.1, 0.15) is 5.78 Å². The fourth-order valence-electron chi connectivity index (χ4n) is 3.35. The van der Waals surface area contributed by atoms with Gasteiger partial charge in [0, 0.05) is 55.6 Å². The molecule has 148 valence electrons. The van der Waals surface area contributed by atoms with Crippen LogP contribution in [-0.4, -0.2) is 53.3 Å². The van der Waals surface area contributed by atoms with Gasteiger partial charge in [-0.25, -0.2) is 0 Å². The summed E-state index contributed by atoms with van der Waals surface area (Å²) in [7, 11) is 0. The van der Waals surface area contributed by atoms with E-state index in [0.29, 0.717) is 13.1 Å². The smallest absolute Gasteiger partial charge is 0.303 e. The number of hydrogen-bond acceptors (Lipinski definition) is 4. The van der Waals surface area contributed by atoms with E-state index in [4.69, 9.17) is 16.7 Å². The van der Waals surface area contributed by atoms with Gasteiger partial charge in [-0.15, -0.1) is 0 Å². The minimum absolute atomic E-state index is 0.0108. The Balaban J connectivity index is 1.87. The van der Waals surface area contributed by atoms with Crippen LogP contribution in [0.25, 0.3) is 0 Å². The number of halogens is 1. The maximum atomic E-state index is 12.4. The van der Waals surface area contributed by atoms with Gasteiger partial charge in [-0.1, -0.05) is 18.5 Å². The lowest BCUT2D eigenvalue weighted by Crippen LogP contribution is -2.53. The number of benzene rings is 1. The molecule has 1 aromatic rings. The lowest BCUT2D eigenvalue weighted by atomic mass is 10.1. The molecule has 1 aliphatic rings. The molecule has 7 heteroatoms. The predicted molar refractivity (Wildman–Crippen MR) is 105 cm³/mol. The molecule has 0 spiro atoms. The summed E-state index contributed by atoms with van der Waals surface area (Å²) < 4.78 is 0. The zero-order valence-corrected chi connectivity index (χ0v) is 16.7. The van der Waals surface area contributed by atoms with Crippen LogP contribution in [0.15, 0.2) is 18.2 Å². The lowest BCUT2D eigenvalue weighted by Gasteiger charge is -2.41. The van der Waals surface area contributed by atoms with E-state index < -0.39 is 5.97 Å². The van der Waals surface area contributed by atoms with Crippen molar-refractivity contribution in [3.05, 3.63) is 28.8 Å². The number of carboxylic acids is 1. The molecule has 1 heterocycles. The SMILES string of the molecule is CCc1cc(N2CCN(C(=O)CCC(=O)CCC(=O)O)C[C@@H]2C)ccc1Cl. The normalized spacial score (nSPS) is 17.1.